The summed E-state index contributed by atoms with van der Waals surface area (Å²) in [4.78, 5) is 16.4. The van der Waals surface area contributed by atoms with Crippen LogP contribution in [0.2, 0.25) is 0 Å². The number of carbonyl (C=O) groups excluding carboxylic acids is 1. The Kier molecular flexibility index (Phi) is 4.81. The molecule has 3 rings (SSSR count). The third kappa shape index (κ3) is 3.65. The van der Waals surface area contributed by atoms with Gasteiger partial charge in [0.05, 0.1) is 6.04 Å². The highest BCUT2D eigenvalue weighted by atomic mass is 16.2. The molecule has 1 fully saturated rings. The fraction of sp³-hybridized carbons (Fsp3) is 0.316. The minimum atomic E-state index is 0.0224. The molecule has 0 saturated carbocycles. The second kappa shape index (κ2) is 7.18. The van der Waals surface area contributed by atoms with Crippen LogP contribution in [-0.2, 0) is 6.54 Å². The van der Waals surface area contributed by atoms with Gasteiger partial charge in [0.1, 0.15) is 0 Å². The number of likely N-dealkylation sites (tertiary alicyclic amines) is 1. The van der Waals surface area contributed by atoms with Gasteiger partial charge in [-0.25, -0.2) is 4.79 Å². The van der Waals surface area contributed by atoms with E-state index in [9.17, 15) is 4.79 Å². The molecular formula is C19H23N3O. The number of nitrogens with one attached hydrogen (secondary N) is 1. The second-order valence-corrected chi connectivity index (χ2v) is 5.82. The number of amides is 2. The van der Waals surface area contributed by atoms with Gasteiger partial charge in [0, 0.05) is 31.9 Å². The Bertz CT molecular complexity index is 624. The van der Waals surface area contributed by atoms with Crippen molar-refractivity contribution in [1.82, 2.24) is 10.2 Å². The number of likely N-dealkylation sites (N-methyl/N-ethyl adjacent to an activating group) is 1. The van der Waals surface area contributed by atoms with Crippen LogP contribution in [0, 0.1) is 0 Å². The molecule has 1 aliphatic rings. The molecule has 4 heteroatoms. The predicted octanol–water partition coefficient (Wildman–Crippen LogP) is 3.11. The maximum Gasteiger partial charge on any atom is 0.317 e. The Balaban J connectivity index is 1.49. The lowest BCUT2D eigenvalue weighted by atomic mass is 10.1. The third-order valence-electron chi connectivity index (χ3n) is 4.31. The van der Waals surface area contributed by atoms with Gasteiger partial charge in [-0.3, -0.25) is 0 Å². The highest BCUT2D eigenvalue weighted by molar-refractivity contribution is 5.75. The van der Waals surface area contributed by atoms with Crippen LogP contribution in [-0.4, -0.2) is 36.6 Å². The molecule has 0 unspecified atom stereocenters. The minimum Gasteiger partial charge on any atom is -0.365 e. The minimum absolute atomic E-state index is 0.0224. The van der Waals surface area contributed by atoms with Crippen LogP contribution in [0.1, 0.15) is 12.5 Å². The maximum absolute atomic E-state index is 12.2. The van der Waals surface area contributed by atoms with E-state index in [2.05, 4.69) is 41.4 Å². The van der Waals surface area contributed by atoms with Crippen molar-refractivity contribution in [3.63, 3.8) is 0 Å². The Hall–Kier alpha value is -2.49. The van der Waals surface area contributed by atoms with Gasteiger partial charge in [-0.2, -0.15) is 0 Å². The zero-order chi connectivity index (χ0) is 16.1. The number of nitrogens with zero attached hydrogens (tertiary/aromatic N) is 2. The summed E-state index contributed by atoms with van der Waals surface area (Å²) in [7, 11) is 0. The van der Waals surface area contributed by atoms with Crippen LogP contribution in [0.3, 0.4) is 0 Å². The normalized spacial score (nSPS) is 14.2. The lowest BCUT2D eigenvalue weighted by Gasteiger charge is -2.46. The smallest absolute Gasteiger partial charge is 0.317 e. The number of hydrogen-bond donors (Lipinski definition) is 1. The Labute approximate surface area is 137 Å². The first-order valence-corrected chi connectivity index (χ1v) is 8.16. The number of hydrogen-bond acceptors (Lipinski definition) is 2. The van der Waals surface area contributed by atoms with Crippen LogP contribution in [0.25, 0.3) is 0 Å². The molecule has 4 nitrogen and oxygen atoms in total. The molecule has 0 aliphatic carbocycles. The molecule has 0 atom stereocenters. The van der Waals surface area contributed by atoms with Gasteiger partial charge in [0.25, 0.3) is 0 Å². The Morgan fingerprint density at radius 3 is 2.30 bits per heavy atom. The van der Waals surface area contributed by atoms with E-state index in [-0.39, 0.29) is 6.03 Å². The third-order valence-corrected chi connectivity index (χ3v) is 4.31. The molecule has 1 heterocycles. The van der Waals surface area contributed by atoms with Crippen LogP contribution < -0.4 is 10.2 Å². The van der Waals surface area contributed by atoms with Crippen LogP contribution in [0.15, 0.2) is 60.7 Å². The fourth-order valence-electron chi connectivity index (χ4n) is 2.97. The predicted molar refractivity (Wildman–Crippen MR) is 93.5 cm³/mol. The topological polar surface area (TPSA) is 35.6 Å². The molecule has 2 aromatic rings. The van der Waals surface area contributed by atoms with E-state index in [0.717, 1.165) is 25.2 Å². The van der Waals surface area contributed by atoms with E-state index in [1.165, 1.54) is 5.69 Å². The summed E-state index contributed by atoms with van der Waals surface area (Å²) in [5.41, 5.74) is 2.35. The van der Waals surface area contributed by atoms with Gasteiger partial charge in [0.15, 0.2) is 0 Å². The second-order valence-electron chi connectivity index (χ2n) is 5.82. The highest BCUT2D eigenvalue weighted by Crippen LogP contribution is 2.22. The van der Waals surface area contributed by atoms with Gasteiger partial charge < -0.3 is 15.1 Å². The molecule has 2 aromatic carbocycles. The summed E-state index contributed by atoms with van der Waals surface area (Å²) in [6.45, 7) is 5.25. The lowest BCUT2D eigenvalue weighted by molar-refractivity contribution is 0.149. The van der Waals surface area contributed by atoms with Crippen LogP contribution >= 0.6 is 0 Å². The SMILES string of the molecule is CCN(c1ccccc1)C1CN(C(=O)NCc2ccccc2)C1. The van der Waals surface area contributed by atoms with E-state index in [0.29, 0.717) is 12.6 Å². The standard InChI is InChI=1S/C19H23N3O/c1-2-22(17-11-7-4-8-12-17)18-14-21(15-18)19(23)20-13-16-9-5-3-6-10-16/h3-12,18H,2,13-15H2,1H3,(H,20,23). The van der Waals surface area contributed by atoms with E-state index in [1.807, 2.05) is 41.3 Å². The highest BCUT2D eigenvalue weighted by Gasteiger charge is 2.34. The van der Waals surface area contributed by atoms with Gasteiger partial charge >= 0.3 is 6.03 Å². The molecular weight excluding hydrogens is 286 g/mol. The lowest BCUT2D eigenvalue weighted by Crippen LogP contribution is -2.63. The average molecular weight is 309 g/mol. The molecule has 1 N–H and O–H groups in total. The largest absolute Gasteiger partial charge is 0.365 e. The van der Waals surface area contributed by atoms with E-state index < -0.39 is 0 Å². The number of anilines is 1. The van der Waals surface area contributed by atoms with Crippen molar-refractivity contribution in [2.24, 2.45) is 0 Å². The summed E-state index contributed by atoms with van der Waals surface area (Å²) < 4.78 is 0. The number of para-hydroxylation sites is 1. The van der Waals surface area contributed by atoms with Crippen molar-refractivity contribution < 1.29 is 4.79 Å². The van der Waals surface area contributed by atoms with Gasteiger partial charge in [0.2, 0.25) is 0 Å². The number of urea groups is 1. The van der Waals surface area contributed by atoms with Gasteiger partial charge in [-0.1, -0.05) is 48.5 Å². The summed E-state index contributed by atoms with van der Waals surface area (Å²) in [6.07, 6.45) is 0. The molecule has 0 spiro atoms. The molecule has 0 radical (unpaired) electrons. The number of carbonyl (C=O) groups is 1. The molecule has 2 amide bonds. The number of rotatable bonds is 5. The fourth-order valence-corrected chi connectivity index (χ4v) is 2.97. The first-order valence-electron chi connectivity index (χ1n) is 8.16. The van der Waals surface area contributed by atoms with E-state index >= 15 is 0 Å². The first-order chi connectivity index (χ1) is 11.3. The van der Waals surface area contributed by atoms with Crippen LogP contribution in [0.4, 0.5) is 10.5 Å². The van der Waals surface area contributed by atoms with Crippen molar-refractivity contribution in [1.29, 1.82) is 0 Å². The van der Waals surface area contributed by atoms with Crippen molar-refractivity contribution in [3.05, 3.63) is 66.2 Å². The van der Waals surface area contributed by atoms with Crippen LogP contribution in [0.5, 0.6) is 0 Å². The van der Waals surface area contributed by atoms with Crippen molar-refractivity contribution in [2.45, 2.75) is 19.5 Å². The molecule has 23 heavy (non-hydrogen) atoms. The average Bonchev–Trinajstić information content (AvgIpc) is 2.57. The molecule has 0 bridgehead atoms. The van der Waals surface area contributed by atoms with Gasteiger partial charge in [-0.15, -0.1) is 0 Å². The Morgan fingerprint density at radius 1 is 1.09 bits per heavy atom. The van der Waals surface area contributed by atoms with Gasteiger partial charge in [-0.05, 0) is 24.6 Å². The molecule has 120 valence electrons. The summed E-state index contributed by atoms with van der Waals surface area (Å²) in [6, 6.07) is 20.8. The van der Waals surface area contributed by atoms with E-state index in [4.69, 9.17) is 0 Å². The summed E-state index contributed by atoms with van der Waals surface area (Å²) >= 11 is 0. The first kappa shape index (κ1) is 15.4. The molecule has 1 aliphatic heterocycles. The maximum atomic E-state index is 12.2. The monoisotopic (exact) mass is 309 g/mol. The molecule has 1 saturated heterocycles. The van der Waals surface area contributed by atoms with Crippen molar-refractivity contribution in [2.75, 3.05) is 24.5 Å². The zero-order valence-electron chi connectivity index (χ0n) is 13.5. The molecule has 0 aromatic heterocycles. The van der Waals surface area contributed by atoms with Crippen molar-refractivity contribution in [3.8, 4) is 0 Å². The quantitative estimate of drug-likeness (QED) is 0.921. The summed E-state index contributed by atoms with van der Waals surface area (Å²) in [5, 5.41) is 2.99. The Morgan fingerprint density at radius 2 is 1.70 bits per heavy atom. The summed E-state index contributed by atoms with van der Waals surface area (Å²) in [5.74, 6) is 0. The van der Waals surface area contributed by atoms with E-state index in [1.54, 1.807) is 0 Å². The number of benzene rings is 2. The van der Waals surface area contributed by atoms with Crippen molar-refractivity contribution >= 4 is 11.7 Å². The zero-order valence-corrected chi connectivity index (χ0v) is 13.5.